The zero-order valence-electron chi connectivity index (χ0n) is 19.1. The summed E-state index contributed by atoms with van der Waals surface area (Å²) >= 11 is 0. The third-order valence-electron chi connectivity index (χ3n) is 5.75. The monoisotopic (exact) mass is 419 g/mol. The number of nitrogens with one attached hydrogen (secondary N) is 1. The molecule has 0 aliphatic carbocycles. The summed E-state index contributed by atoms with van der Waals surface area (Å²) in [6.45, 7) is 9.82. The van der Waals surface area contributed by atoms with Crippen LogP contribution in [0, 0.1) is 12.8 Å². The molecule has 0 bridgehead atoms. The Hall–Kier alpha value is -3.21. The summed E-state index contributed by atoms with van der Waals surface area (Å²) in [5.41, 5.74) is 4.37. The second-order valence-corrected chi connectivity index (χ2v) is 8.39. The van der Waals surface area contributed by atoms with Crippen molar-refractivity contribution in [2.75, 3.05) is 12.4 Å². The fourth-order valence-corrected chi connectivity index (χ4v) is 3.56. The van der Waals surface area contributed by atoms with Gasteiger partial charge in [0, 0.05) is 30.2 Å². The molecule has 5 nitrogen and oxygen atoms in total. The van der Waals surface area contributed by atoms with Crippen LogP contribution in [0.4, 0.5) is 10.5 Å². The minimum atomic E-state index is -0.102. The molecule has 3 aromatic rings. The Morgan fingerprint density at radius 2 is 1.81 bits per heavy atom. The van der Waals surface area contributed by atoms with Crippen LogP contribution >= 0.6 is 0 Å². The molecule has 1 N–H and O–H groups in total. The van der Waals surface area contributed by atoms with E-state index >= 15 is 0 Å². The molecular weight excluding hydrogens is 386 g/mol. The molecule has 31 heavy (non-hydrogen) atoms. The highest BCUT2D eigenvalue weighted by molar-refractivity contribution is 5.89. The van der Waals surface area contributed by atoms with Crippen LogP contribution in [-0.2, 0) is 13.1 Å². The SMILES string of the molecule is COc1ccc(NC(=O)N(Cc2cccn2Cc2cccc(C)c2)[C@H](C)C(C)C)cc1. The average molecular weight is 420 g/mol. The lowest BCUT2D eigenvalue weighted by Crippen LogP contribution is -2.43. The Morgan fingerprint density at radius 3 is 2.45 bits per heavy atom. The second kappa shape index (κ2) is 10.2. The Bertz CT molecular complexity index is 992. The van der Waals surface area contributed by atoms with Gasteiger partial charge in [-0.2, -0.15) is 0 Å². The van der Waals surface area contributed by atoms with Gasteiger partial charge in [0.25, 0.3) is 0 Å². The summed E-state index contributed by atoms with van der Waals surface area (Å²) in [4.78, 5) is 15.1. The smallest absolute Gasteiger partial charge is 0.322 e. The van der Waals surface area contributed by atoms with E-state index in [-0.39, 0.29) is 12.1 Å². The lowest BCUT2D eigenvalue weighted by molar-refractivity contribution is 0.168. The van der Waals surface area contributed by atoms with Crippen molar-refractivity contribution >= 4 is 11.7 Å². The standard InChI is InChI=1S/C26H33N3O2/c1-19(2)21(4)29(26(30)27-23-11-13-25(31-5)14-12-23)18-24-10-7-15-28(24)17-22-9-6-8-20(3)16-22/h6-16,19,21H,17-18H2,1-5H3,(H,27,30)/t21-/m1/s1. The van der Waals surface area contributed by atoms with Gasteiger partial charge in [-0.05, 0) is 61.7 Å². The highest BCUT2D eigenvalue weighted by atomic mass is 16.5. The van der Waals surface area contributed by atoms with Crippen LogP contribution in [0.3, 0.4) is 0 Å². The number of rotatable bonds is 8. The van der Waals surface area contributed by atoms with E-state index in [1.165, 1.54) is 11.1 Å². The van der Waals surface area contributed by atoms with E-state index in [9.17, 15) is 4.79 Å². The third-order valence-corrected chi connectivity index (χ3v) is 5.75. The van der Waals surface area contributed by atoms with E-state index in [0.29, 0.717) is 12.5 Å². The average Bonchev–Trinajstić information content (AvgIpc) is 3.18. The highest BCUT2D eigenvalue weighted by Crippen LogP contribution is 2.20. The molecule has 3 rings (SSSR count). The summed E-state index contributed by atoms with van der Waals surface area (Å²) in [7, 11) is 1.63. The molecule has 0 unspecified atom stereocenters. The van der Waals surface area contributed by atoms with Crippen LogP contribution in [0.15, 0.2) is 66.9 Å². The van der Waals surface area contributed by atoms with Gasteiger partial charge in [0.2, 0.25) is 0 Å². The number of aromatic nitrogens is 1. The molecule has 0 radical (unpaired) electrons. The van der Waals surface area contributed by atoms with Crippen LogP contribution in [0.5, 0.6) is 5.75 Å². The van der Waals surface area contributed by atoms with Gasteiger partial charge in [-0.15, -0.1) is 0 Å². The predicted molar refractivity (Wildman–Crippen MR) is 127 cm³/mol. The van der Waals surface area contributed by atoms with Crippen molar-refractivity contribution in [3.05, 3.63) is 83.7 Å². The Morgan fingerprint density at radius 1 is 1.06 bits per heavy atom. The van der Waals surface area contributed by atoms with Crippen molar-refractivity contribution in [2.24, 2.45) is 5.92 Å². The second-order valence-electron chi connectivity index (χ2n) is 8.39. The van der Waals surface area contributed by atoms with Crippen LogP contribution in [0.25, 0.3) is 0 Å². The van der Waals surface area contributed by atoms with Crippen LogP contribution in [-0.4, -0.2) is 28.6 Å². The molecule has 2 amide bonds. The molecule has 1 atom stereocenters. The Labute approximate surface area is 185 Å². The van der Waals surface area contributed by atoms with E-state index in [4.69, 9.17) is 4.74 Å². The van der Waals surface area contributed by atoms with Crippen LogP contribution < -0.4 is 10.1 Å². The number of anilines is 1. The van der Waals surface area contributed by atoms with Gasteiger partial charge in [0.15, 0.2) is 0 Å². The number of hydrogen-bond donors (Lipinski definition) is 1. The molecule has 0 fully saturated rings. The van der Waals surface area contributed by atoms with E-state index < -0.39 is 0 Å². The normalized spacial score (nSPS) is 11.9. The molecule has 2 aromatic carbocycles. The fraction of sp³-hybridized carbons (Fsp3) is 0.346. The minimum Gasteiger partial charge on any atom is -0.497 e. The fourth-order valence-electron chi connectivity index (χ4n) is 3.56. The van der Waals surface area contributed by atoms with Crippen molar-refractivity contribution in [1.82, 2.24) is 9.47 Å². The Balaban J connectivity index is 1.78. The number of amides is 2. The molecule has 0 aliphatic heterocycles. The van der Waals surface area contributed by atoms with Gasteiger partial charge in [-0.3, -0.25) is 0 Å². The third kappa shape index (κ3) is 5.91. The van der Waals surface area contributed by atoms with E-state index in [2.05, 4.69) is 74.1 Å². The molecule has 0 saturated heterocycles. The molecule has 0 saturated carbocycles. The van der Waals surface area contributed by atoms with Crippen molar-refractivity contribution in [3.8, 4) is 5.75 Å². The molecule has 1 heterocycles. The lowest BCUT2D eigenvalue weighted by atomic mass is 10.0. The first-order chi connectivity index (χ1) is 14.9. The van der Waals surface area contributed by atoms with E-state index in [0.717, 1.165) is 23.7 Å². The molecule has 0 aliphatic rings. The number of benzene rings is 2. The predicted octanol–water partition coefficient (Wildman–Crippen LogP) is 5.93. The summed E-state index contributed by atoms with van der Waals surface area (Å²) in [6.07, 6.45) is 2.08. The van der Waals surface area contributed by atoms with Gasteiger partial charge < -0.3 is 19.5 Å². The zero-order valence-corrected chi connectivity index (χ0v) is 19.1. The van der Waals surface area contributed by atoms with Crippen molar-refractivity contribution < 1.29 is 9.53 Å². The first-order valence-electron chi connectivity index (χ1n) is 10.8. The topological polar surface area (TPSA) is 46.5 Å². The number of carbonyl (C=O) groups is 1. The van der Waals surface area contributed by atoms with Gasteiger partial charge in [0.05, 0.1) is 13.7 Å². The lowest BCUT2D eigenvalue weighted by Gasteiger charge is -2.32. The molecular formula is C26H33N3O2. The van der Waals surface area contributed by atoms with E-state index in [1.807, 2.05) is 35.2 Å². The number of nitrogens with zero attached hydrogens (tertiary/aromatic N) is 2. The summed E-state index contributed by atoms with van der Waals surface area (Å²) < 4.78 is 7.42. The minimum absolute atomic E-state index is 0.0839. The van der Waals surface area contributed by atoms with Gasteiger partial charge >= 0.3 is 6.03 Å². The maximum Gasteiger partial charge on any atom is 0.322 e. The van der Waals surface area contributed by atoms with Crippen LogP contribution in [0.1, 0.15) is 37.6 Å². The maximum absolute atomic E-state index is 13.2. The number of hydrogen-bond acceptors (Lipinski definition) is 2. The van der Waals surface area contributed by atoms with Crippen molar-refractivity contribution in [1.29, 1.82) is 0 Å². The summed E-state index contributed by atoms with van der Waals surface area (Å²) in [5, 5.41) is 3.04. The molecule has 1 aromatic heterocycles. The quantitative estimate of drug-likeness (QED) is 0.492. The summed E-state index contributed by atoms with van der Waals surface area (Å²) in [5.74, 6) is 1.10. The largest absolute Gasteiger partial charge is 0.497 e. The number of aryl methyl sites for hydroxylation is 1. The summed E-state index contributed by atoms with van der Waals surface area (Å²) in [6, 6.07) is 20.1. The Kier molecular flexibility index (Phi) is 7.40. The van der Waals surface area contributed by atoms with Gasteiger partial charge in [-0.1, -0.05) is 43.7 Å². The highest BCUT2D eigenvalue weighted by Gasteiger charge is 2.24. The van der Waals surface area contributed by atoms with Crippen molar-refractivity contribution in [3.63, 3.8) is 0 Å². The molecule has 0 spiro atoms. The van der Waals surface area contributed by atoms with Crippen LogP contribution in [0.2, 0.25) is 0 Å². The van der Waals surface area contributed by atoms with Gasteiger partial charge in [0.1, 0.15) is 5.75 Å². The zero-order chi connectivity index (χ0) is 22.4. The first kappa shape index (κ1) is 22.5. The molecule has 5 heteroatoms. The van der Waals surface area contributed by atoms with E-state index in [1.54, 1.807) is 7.11 Å². The number of ether oxygens (including phenoxy) is 1. The maximum atomic E-state index is 13.2. The molecule has 164 valence electrons. The van der Waals surface area contributed by atoms with Crippen molar-refractivity contribution in [2.45, 2.75) is 46.8 Å². The number of carbonyl (C=O) groups excluding carboxylic acids is 1. The van der Waals surface area contributed by atoms with Gasteiger partial charge in [-0.25, -0.2) is 4.79 Å². The first-order valence-corrected chi connectivity index (χ1v) is 10.8. The number of urea groups is 1. The number of methoxy groups -OCH3 is 1.